The number of guanidine groups is 1. The van der Waals surface area contributed by atoms with Gasteiger partial charge in [0.25, 0.3) is 0 Å². The van der Waals surface area contributed by atoms with Gasteiger partial charge in [-0.1, -0.05) is 6.07 Å². The zero-order chi connectivity index (χ0) is 19.1. The van der Waals surface area contributed by atoms with Crippen molar-refractivity contribution < 1.29 is 8.78 Å². The van der Waals surface area contributed by atoms with Crippen molar-refractivity contribution in [2.75, 3.05) is 6.54 Å². The second-order valence-corrected chi connectivity index (χ2v) is 5.78. The molecule has 9 heteroatoms. The molecule has 3 aromatic rings. The first-order chi connectivity index (χ1) is 13.2. The molecule has 2 aromatic heterocycles. The summed E-state index contributed by atoms with van der Waals surface area (Å²) in [5.41, 5.74) is 1.17. The summed E-state index contributed by atoms with van der Waals surface area (Å²) in [6.45, 7) is 3.11. The third kappa shape index (κ3) is 5.98. The van der Waals surface area contributed by atoms with E-state index in [1.54, 1.807) is 18.7 Å². The summed E-state index contributed by atoms with van der Waals surface area (Å²) in [5, 5.41) is 6.09. The van der Waals surface area contributed by atoms with Crippen LogP contribution in [0.1, 0.15) is 18.1 Å². The van der Waals surface area contributed by atoms with Crippen molar-refractivity contribution >= 4 is 29.9 Å². The fraction of sp³-hybridized carbons (Fsp3) is 0.211. The Labute approximate surface area is 179 Å². The van der Waals surface area contributed by atoms with E-state index in [0.29, 0.717) is 19.0 Å². The van der Waals surface area contributed by atoms with Gasteiger partial charge in [0.05, 0.1) is 6.54 Å². The van der Waals surface area contributed by atoms with E-state index in [9.17, 15) is 8.78 Å². The lowest BCUT2D eigenvalue weighted by Gasteiger charge is -2.12. The summed E-state index contributed by atoms with van der Waals surface area (Å²) in [7, 11) is 0. The molecule has 0 fully saturated rings. The molecule has 148 valence electrons. The average Bonchev–Trinajstić information content (AvgIpc) is 3.21. The Morgan fingerprint density at radius 2 is 2.04 bits per heavy atom. The maximum atomic E-state index is 13.7. The van der Waals surface area contributed by atoms with Crippen LogP contribution in [0.5, 0.6) is 0 Å². The van der Waals surface area contributed by atoms with Crippen LogP contribution < -0.4 is 10.6 Å². The van der Waals surface area contributed by atoms with Crippen molar-refractivity contribution in [3.8, 4) is 5.82 Å². The van der Waals surface area contributed by atoms with Gasteiger partial charge in [0, 0.05) is 37.2 Å². The summed E-state index contributed by atoms with van der Waals surface area (Å²) < 4.78 is 28.8. The molecule has 0 saturated carbocycles. The molecule has 0 bridgehead atoms. The molecule has 3 rings (SSSR count). The standard InChI is InChI=1S/C19H20F2N6.HI/c1-2-23-19(26-12-15-9-16(20)4-5-17(15)21)25-11-14-3-6-18(24-10-14)27-8-7-22-13-27;/h3-10,13H,2,11-12H2,1H3,(H2,23,25,26);1H. The van der Waals surface area contributed by atoms with E-state index in [4.69, 9.17) is 0 Å². The van der Waals surface area contributed by atoms with E-state index in [-0.39, 0.29) is 36.1 Å². The summed E-state index contributed by atoms with van der Waals surface area (Å²) in [4.78, 5) is 12.8. The Hall–Kier alpha value is -2.56. The van der Waals surface area contributed by atoms with Crippen LogP contribution >= 0.6 is 24.0 Å². The number of benzene rings is 1. The van der Waals surface area contributed by atoms with Gasteiger partial charge in [-0.15, -0.1) is 24.0 Å². The zero-order valence-corrected chi connectivity index (χ0v) is 17.6. The summed E-state index contributed by atoms with van der Waals surface area (Å²) in [5.74, 6) is 0.352. The highest BCUT2D eigenvalue weighted by molar-refractivity contribution is 14.0. The number of aromatic nitrogens is 3. The van der Waals surface area contributed by atoms with Gasteiger partial charge in [-0.2, -0.15) is 0 Å². The first kappa shape index (κ1) is 21.7. The number of nitrogens with zero attached hydrogens (tertiary/aromatic N) is 4. The van der Waals surface area contributed by atoms with Crippen molar-refractivity contribution in [2.45, 2.75) is 20.0 Å². The highest BCUT2D eigenvalue weighted by Crippen LogP contribution is 2.09. The van der Waals surface area contributed by atoms with Crippen LogP contribution in [-0.4, -0.2) is 27.0 Å². The number of nitrogens with one attached hydrogen (secondary N) is 2. The van der Waals surface area contributed by atoms with Crippen molar-refractivity contribution in [3.63, 3.8) is 0 Å². The minimum atomic E-state index is -0.473. The van der Waals surface area contributed by atoms with Gasteiger partial charge >= 0.3 is 0 Å². The number of hydrogen-bond acceptors (Lipinski definition) is 3. The number of pyridine rings is 1. The predicted octanol–water partition coefficient (Wildman–Crippen LogP) is 3.42. The van der Waals surface area contributed by atoms with Crippen LogP contribution in [0.2, 0.25) is 0 Å². The molecular weight excluding hydrogens is 477 g/mol. The van der Waals surface area contributed by atoms with Crippen LogP contribution in [0.4, 0.5) is 8.78 Å². The summed E-state index contributed by atoms with van der Waals surface area (Å²) in [6, 6.07) is 7.20. The molecular formula is C19H21F2IN6. The monoisotopic (exact) mass is 498 g/mol. The molecule has 0 amide bonds. The molecule has 0 spiro atoms. The quantitative estimate of drug-likeness (QED) is 0.311. The number of imidazole rings is 1. The van der Waals surface area contributed by atoms with Crippen LogP contribution in [0.25, 0.3) is 5.82 Å². The molecule has 0 aliphatic heterocycles. The van der Waals surface area contributed by atoms with E-state index < -0.39 is 11.6 Å². The van der Waals surface area contributed by atoms with Gasteiger partial charge in [0.15, 0.2) is 5.96 Å². The van der Waals surface area contributed by atoms with Crippen LogP contribution in [0.15, 0.2) is 60.2 Å². The molecule has 0 aliphatic carbocycles. The Kier molecular flexibility index (Phi) is 8.30. The van der Waals surface area contributed by atoms with Crippen molar-refractivity contribution in [2.24, 2.45) is 4.99 Å². The van der Waals surface area contributed by atoms with Crippen LogP contribution in [-0.2, 0) is 13.1 Å². The third-order valence-electron chi connectivity index (χ3n) is 3.80. The van der Waals surface area contributed by atoms with Gasteiger partial charge in [0.1, 0.15) is 23.8 Å². The van der Waals surface area contributed by atoms with Crippen molar-refractivity contribution in [3.05, 3.63) is 78.0 Å². The van der Waals surface area contributed by atoms with Gasteiger partial charge < -0.3 is 10.6 Å². The lowest BCUT2D eigenvalue weighted by molar-refractivity contribution is 0.581. The highest BCUT2D eigenvalue weighted by atomic mass is 127. The lowest BCUT2D eigenvalue weighted by Crippen LogP contribution is -2.37. The van der Waals surface area contributed by atoms with Crippen molar-refractivity contribution in [1.82, 2.24) is 25.2 Å². The molecule has 28 heavy (non-hydrogen) atoms. The van der Waals surface area contributed by atoms with E-state index >= 15 is 0 Å². The molecule has 2 heterocycles. The molecule has 6 nitrogen and oxygen atoms in total. The molecule has 1 aromatic carbocycles. The minimum absolute atomic E-state index is 0. The Morgan fingerprint density at radius 3 is 2.71 bits per heavy atom. The first-order valence-electron chi connectivity index (χ1n) is 8.55. The van der Waals surface area contributed by atoms with E-state index in [1.165, 1.54) is 6.07 Å². The summed E-state index contributed by atoms with van der Waals surface area (Å²) in [6.07, 6.45) is 6.93. The fourth-order valence-electron chi connectivity index (χ4n) is 2.43. The summed E-state index contributed by atoms with van der Waals surface area (Å²) >= 11 is 0. The Balaban J connectivity index is 0.00000280. The minimum Gasteiger partial charge on any atom is -0.357 e. The largest absolute Gasteiger partial charge is 0.357 e. The highest BCUT2D eigenvalue weighted by Gasteiger charge is 2.05. The van der Waals surface area contributed by atoms with Crippen molar-refractivity contribution in [1.29, 1.82) is 0 Å². The van der Waals surface area contributed by atoms with E-state index in [2.05, 4.69) is 25.6 Å². The maximum absolute atomic E-state index is 13.7. The predicted molar refractivity (Wildman–Crippen MR) is 115 cm³/mol. The second kappa shape index (κ2) is 10.7. The third-order valence-corrected chi connectivity index (χ3v) is 3.80. The van der Waals surface area contributed by atoms with E-state index in [1.807, 2.05) is 29.8 Å². The van der Waals surface area contributed by atoms with E-state index in [0.717, 1.165) is 23.5 Å². The SMILES string of the molecule is CCNC(=NCc1ccc(-n2ccnc2)nc1)NCc1cc(F)ccc1F.I. The normalized spacial score (nSPS) is 11.0. The van der Waals surface area contributed by atoms with Gasteiger partial charge in [-0.05, 0) is 36.8 Å². The van der Waals surface area contributed by atoms with Gasteiger partial charge in [0.2, 0.25) is 0 Å². The van der Waals surface area contributed by atoms with Crippen LogP contribution in [0, 0.1) is 11.6 Å². The lowest BCUT2D eigenvalue weighted by atomic mass is 10.2. The smallest absolute Gasteiger partial charge is 0.191 e. The van der Waals surface area contributed by atoms with Gasteiger partial charge in [-0.25, -0.2) is 23.7 Å². The first-order valence-corrected chi connectivity index (χ1v) is 8.55. The second-order valence-electron chi connectivity index (χ2n) is 5.78. The molecule has 0 radical (unpaired) electrons. The van der Waals surface area contributed by atoms with Gasteiger partial charge in [-0.3, -0.25) is 4.57 Å². The molecule has 0 aliphatic rings. The molecule has 0 saturated heterocycles. The van der Waals surface area contributed by atoms with Crippen LogP contribution in [0.3, 0.4) is 0 Å². The topological polar surface area (TPSA) is 67.1 Å². The molecule has 0 unspecified atom stereocenters. The molecule has 2 N–H and O–H groups in total. The molecule has 0 atom stereocenters. The number of hydrogen-bond donors (Lipinski definition) is 2. The maximum Gasteiger partial charge on any atom is 0.191 e. The number of rotatable bonds is 6. The average molecular weight is 498 g/mol. The number of aliphatic imine (C=N–C) groups is 1. The fourth-order valence-corrected chi connectivity index (χ4v) is 2.43. The Morgan fingerprint density at radius 1 is 1.18 bits per heavy atom. The zero-order valence-electron chi connectivity index (χ0n) is 15.3. The number of halogens is 3. The Bertz CT molecular complexity index is 897.